The zero-order valence-electron chi connectivity index (χ0n) is 38.5. The number of nitrogens with one attached hydrogen (secondary N) is 2. The van der Waals surface area contributed by atoms with Gasteiger partial charge in [-0.2, -0.15) is 5.26 Å². The summed E-state index contributed by atoms with van der Waals surface area (Å²) in [6, 6.07) is 32.1. The van der Waals surface area contributed by atoms with Crippen molar-refractivity contribution in [1.82, 2.24) is 29.1 Å². The number of anilines is 4. The number of nitrogen functional groups attached to an aromatic ring is 2. The predicted octanol–water partition coefficient (Wildman–Crippen LogP) is 10.7. The maximum atomic E-state index is 12.7. The first kappa shape index (κ1) is 46.3. The highest BCUT2D eigenvalue weighted by molar-refractivity contribution is 6.05. The van der Waals surface area contributed by atoms with Crippen LogP contribution in [0.15, 0.2) is 122 Å². The summed E-state index contributed by atoms with van der Waals surface area (Å²) in [6.07, 6.45) is 14.9. The van der Waals surface area contributed by atoms with E-state index < -0.39 is 18.2 Å². The number of nitrogens with zero attached hydrogens (tertiary/aromatic N) is 7. The van der Waals surface area contributed by atoms with E-state index in [2.05, 4.69) is 52.0 Å². The fourth-order valence-corrected chi connectivity index (χ4v) is 9.33. The van der Waals surface area contributed by atoms with Crippen LogP contribution in [0.1, 0.15) is 90.5 Å². The van der Waals surface area contributed by atoms with Crippen LogP contribution in [0, 0.1) is 11.3 Å². The summed E-state index contributed by atoms with van der Waals surface area (Å²) in [7, 11) is 1.30. The summed E-state index contributed by atoms with van der Waals surface area (Å²) in [5.74, 6) is 0.193. The molecule has 2 amide bonds. The largest absolute Gasteiger partial charge is 0.465 e. The molecule has 17 nitrogen and oxygen atoms in total. The normalized spacial score (nSPS) is 13.6. The Kier molecular flexibility index (Phi) is 13.9. The van der Waals surface area contributed by atoms with Gasteiger partial charge < -0.3 is 34.8 Å². The van der Waals surface area contributed by atoms with Gasteiger partial charge in [-0.25, -0.2) is 34.3 Å². The van der Waals surface area contributed by atoms with Crippen molar-refractivity contribution in [1.29, 1.82) is 5.26 Å². The number of esters is 1. The Morgan fingerprint density at radius 3 is 1.57 bits per heavy atom. The van der Waals surface area contributed by atoms with Crippen molar-refractivity contribution in [2.75, 3.05) is 29.2 Å². The molecule has 4 aromatic heterocycles. The Morgan fingerprint density at radius 2 is 1.10 bits per heavy atom. The topological polar surface area (TPSA) is 240 Å². The molecule has 2 aliphatic rings. The number of methoxy groups -OCH3 is 1. The molecule has 0 spiro atoms. The summed E-state index contributed by atoms with van der Waals surface area (Å²) in [5, 5.41) is 16.6. The Labute approximate surface area is 403 Å². The summed E-state index contributed by atoms with van der Waals surface area (Å²) in [5.41, 5.74) is 20.3. The first-order valence-electron chi connectivity index (χ1n) is 23.1. The summed E-state index contributed by atoms with van der Waals surface area (Å²) < 4.78 is 19.9. The third kappa shape index (κ3) is 10.1. The SMILES string of the molecule is COC(=O)c1cc(-c2cn(C3CCCC3)c3ncnc(N)c23)ccc1NC(=O)OCc1ccccc1.N#Cc1cc(-c2cn(C3CCCC3)c3ncnc(N)c23)ccc1NC(=O)OCc1ccccc1. The quantitative estimate of drug-likeness (QED) is 0.0698. The van der Waals surface area contributed by atoms with Gasteiger partial charge in [0.15, 0.2) is 0 Å². The molecule has 354 valence electrons. The minimum Gasteiger partial charge on any atom is -0.465 e. The van der Waals surface area contributed by atoms with Gasteiger partial charge >= 0.3 is 18.2 Å². The third-order valence-electron chi connectivity index (χ3n) is 12.8. The van der Waals surface area contributed by atoms with Gasteiger partial charge in [0.1, 0.15) is 54.9 Å². The van der Waals surface area contributed by atoms with Gasteiger partial charge in [0.05, 0.1) is 40.4 Å². The van der Waals surface area contributed by atoms with Gasteiger partial charge in [0, 0.05) is 35.6 Å². The average molecular weight is 938 g/mol. The molecule has 0 saturated heterocycles. The van der Waals surface area contributed by atoms with Crippen LogP contribution in [0.25, 0.3) is 44.3 Å². The molecule has 0 unspecified atom stereocenters. The van der Waals surface area contributed by atoms with Crippen LogP contribution >= 0.6 is 0 Å². The molecule has 2 fully saturated rings. The Morgan fingerprint density at radius 1 is 0.643 bits per heavy atom. The molecule has 0 bridgehead atoms. The van der Waals surface area contributed by atoms with Gasteiger partial charge in [-0.1, -0.05) is 98.5 Å². The van der Waals surface area contributed by atoms with Gasteiger partial charge in [0.25, 0.3) is 0 Å². The van der Waals surface area contributed by atoms with E-state index in [0.29, 0.717) is 35.0 Å². The lowest BCUT2D eigenvalue weighted by atomic mass is 10.0. The van der Waals surface area contributed by atoms with Gasteiger partial charge in [-0.15, -0.1) is 0 Å². The molecule has 0 aliphatic heterocycles. The Hall–Kier alpha value is -8.78. The van der Waals surface area contributed by atoms with Crippen LogP contribution in [0.2, 0.25) is 0 Å². The van der Waals surface area contributed by atoms with Crippen LogP contribution in [0.4, 0.5) is 32.6 Å². The van der Waals surface area contributed by atoms with E-state index in [0.717, 1.165) is 81.1 Å². The minimum atomic E-state index is -0.674. The number of ether oxygens (including phenoxy) is 3. The number of fused-ring (bicyclic) bond motifs is 2. The first-order chi connectivity index (χ1) is 34.2. The van der Waals surface area contributed by atoms with Gasteiger partial charge in [0.2, 0.25) is 0 Å². The highest BCUT2D eigenvalue weighted by Crippen LogP contribution is 2.41. The Balaban J connectivity index is 0.000000174. The second-order valence-corrected chi connectivity index (χ2v) is 17.2. The summed E-state index contributed by atoms with van der Waals surface area (Å²) >= 11 is 0. The molecule has 4 aromatic carbocycles. The fourth-order valence-electron chi connectivity index (χ4n) is 9.33. The van der Waals surface area contributed by atoms with Crippen molar-refractivity contribution in [3.05, 3.63) is 144 Å². The zero-order valence-corrected chi connectivity index (χ0v) is 38.5. The predicted molar refractivity (Wildman–Crippen MR) is 266 cm³/mol. The molecule has 8 aromatic rings. The van der Waals surface area contributed by atoms with Crippen molar-refractivity contribution in [3.63, 3.8) is 0 Å². The second kappa shape index (κ2) is 21.0. The van der Waals surface area contributed by atoms with E-state index in [4.69, 9.17) is 25.7 Å². The van der Waals surface area contributed by atoms with Crippen LogP contribution in [0.5, 0.6) is 0 Å². The molecular weight excluding hydrogens is 887 g/mol. The molecule has 17 heteroatoms. The lowest BCUT2D eigenvalue weighted by Gasteiger charge is -2.13. The number of nitrogens with two attached hydrogens (primary N) is 2. The average Bonchev–Trinajstić information content (AvgIpc) is 4.24. The monoisotopic (exact) mass is 937 g/mol. The van der Waals surface area contributed by atoms with Crippen LogP contribution in [0.3, 0.4) is 0 Å². The van der Waals surface area contributed by atoms with E-state index >= 15 is 0 Å². The maximum absolute atomic E-state index is 12.7. The van der Waals surface area contributed by atoms with E-state index in [9.17, 15) is 19.6 Å². The molecule has 0 radical (unpaired) electrons. The van der Waals surface area contributed by atoms with Crippen LogP contribution in [-0.2, 0) is 27.4 Å². The summed E-state index contributed by atoms with van der Waals surface area (Å²) in [6.45, 7) is 0.255. The lowest BCUT2D eigenvalue weighted by Crippen LogP contribution is -2.16. The number of nitriles is 1. The Bertz CT molecular complexity index is 3230. The number of benzene rings is 4. The molecule has 0 atom stereocenters. The highest BCUT2D eigenvalue weighted by atomic mass is 16.6. The van der Waals surface area contributed by atoms with E-state index in [1.807, 2.05) is 79.0 Å². The van der Waals surface area contributed by atoms with E-state index in [1.54, 1.807) is 24.3 Å². The number of hydrogen-bond donors (Lipinski definition) is 4. The number of hydrogen-bond acceptors (Lipinski definition) is 13. The van der Waals surface area contributed by atoms with Crippen LogP contribution in [-0.4, -0.2) is 54.3 Å². The van der Waals surface area contributed by atoms with Gasteiger partial charge in [-0.05, 0) is 72.2 Å². The number of rotatable bonds is 11. The molecule has 2 saturated carbocycles. The maximum Gasteiger partial charge on any atom is 0.411 e. The number of aromatic nitrogens is 6. The highest BCUT2D eigenvalue weighted by Gasteiger charge is 2.26. The summed E-state index contributed by atoms with van der Waals surface area (Å²) in [4.78, 5) is 54.8. The standard InChI is InChI=1S/C27H27N5O4.C26H24N6O2/c1-35-26(33)20-13-18(11-12-22(20)31-27(34)36-15-17-7-3-2-4-8-17)21-14-32(19-9-5-6-10-19)25-23(21)24(28)29-16-30-25;27-13-19-12-18(10-11-22(19)31-26(33)34-15-17-6-2-1-3-7-17)21-14-32(20-8-4-5-9-20)25-23(21)24(28)29-16-30-25/h2-4,7-8,11-14,16,19H,5-6,9-10,15H2,1H3,(H,31,34)(H2,28,29,30);1-3,6-7,10-12,14,16,20H,4-5,8-9,15H2,(H,31,33)(H2,28,29,30). The molecular formula is C53H51N11O6. The molecule has 2 aliphatic carbocycles. The molecule has 4 heterocycles. The van der Waals surface area contributed by atoms with E-state index in [-0.39, 0.29) is 24.5 Å². The first-order valence-corrected chi connectivity index (χ1v) is 23.1. The molecule has 10 rings (SSSR count). The zero-order chi connectivity index (χ0) is 48.6. The molecule has 6 N–H and O–H groups in total. The number of amides is 2. The van der Waals surface area contributed by atoms with Crippen molar-refractivity contribution in [2.45, 2.75) is 76.7 Å². The second-order valence-electron chi connectivity index (χ2n) is 17.2. The van der Waals surface area contributed by atoms with Crippen molar-refractivity contribution < 1.29 is 28.6 Å². The van der Waals surface area contributed by atoms with Crippen molar-refractivity contribution in [3.8, 4) is 28.3 Å². The number of carbonyl (C=O) groups excluding carboxylic acids is 3. The van der Waals surface area contributed by atoms with Crippen molar-refractivity contribution in [2.24, 2.45) is 0 Å². The smallest absolute Gasteiger partial charge is 0.411 e. The third-order valence-corrected chi connectivity index (χ3v) is 12.8. The number of carbonyl (C=O) groups is 3. The fraction of sp³-hybridized carbons (Fsp3) is 0.245. The van der Waals surface area contributed by atoms with E-state index in [1.165, 1.54) is 45.4 Å². The lowest BCUT2D eigenvalue weighted by molar-refractivity contribution is 0.0602. The van der Waals surface area contributed by atoms with Crippen molar-refractivity contribution >= 4 is 63.2 Å². The van der Waals surface area contributed by atoms with Gasteiger partial charge in [-0.3, -0.25) is 10.6 Å². The molecule has 70 heavy (non-hydrogen) atoms. The minimum absolute atomic E-state index is 0.109. The van der Waals surface area contributed by atoms with Crippen LogP contribution < -0.4 is 22.1 Å².